The molecular weight excluding hydrogens is 432 g/mol. The smallest absolute Gasteiger partial charge is 0.226 e. The second-order valence-corrected chi connectivity index (χ2v) is 9.80. The Morgan fingerprint density at radius 2 is 1.94 bits per heavy atom. The van der Waals surface area contributed by atoms with Crippen molar-refractivity contribution in [2.45, 2.75) is 71.1 Å². The molecule has 0 aliphatic heterocycles. The van der Waals surface area contributed by atoms with Crippen LogP contribution in [0.15, 0.2) is 24.5 Å². The predicted molar refractivity (Wildman–Crippen MR) is 133 cm³/mol. The van der Waals surface area contributed by atoms with Gasteiger partial charge in [-0.25, -0.2) is 4.98 Å². The van der Waals surface area contributed by atoms with E-state index in [-0.39, 0.29) is 11.7 Å². The van der Waals surface area contributed by atoms with E-state index in [4.69, 9.17) is 14.7 Å². The van der Waals surface area contributed by atoms with E-state index in [1.54, 1.807) is 39.2 Å². The van der Waals surface area contributed by atoms with Crippen molar-refractivity contribution in [2.24, 2.45) is 5.92 Å². The molecule has 1 aliphatic carbocycles. The maximum Gasteiger partial charge on any atom is 0.226 e. The Hall–Kier alpha value is -3.07. The number of imidazole rings is 1. The fourth-order valence-electron chi connectivity index (χ4n) is 4.25. The number of aliphatic hydroxyl groups is 1. The number of ether oxygens (including phenoxy) is 1. The minimum Gasteiger partial charge on any atom is -0.508 e. The first-order valence-corrected chi connectivity index (χ1v) is 12.1. The molecule has 1 saturated carbocycles. The highest BCUT2D eigenvalue weighted by molar-refractivity contribution is 5.84. The number of fused-ring (bicyclic) bond motifs is 1. The Bertz CT molecular complexity index is 1120. The molecule has 1 aromatic carbocycles. The third-order valence-electron chi connectivity index (χ3n) is 6.89. The average Bonchev–Trinajstić information content (AvgIpc) is 3.26. The predicted octanol–water partition coefficient (Wildman–Crippen LogP) is 4.48. The number of methoxy groups -OCH3 is 1. The molecule has 0 amide bonds. The van der Waals surface area contributed by atoms with E-state index in [1.165, 1.54) is 19.3 Å². The summed E-state index contributed by atoms with van der Waals surface area (Å²) < 4.78 is 7.47. The Balaban J connectivity index is 1.65. The second kappa shape index (κ2) is 10.0. The molecule has 34 heavy (non-hydrogen) atoms. The lowest BCUT2D eigenvalue weighted by Gasteiger charge is -2.26. The van der Waals surface area contributed by atoms with Crippen LogP contribution in [0.2, 0.25) is 0 Å². The fraction of sp³-hybridized carbons (Fsp3) is 0.560. The molecule has 1 unspecified atom stereocenters. The molecule has 1 atom stereocenters. The van der Waals surface area contributed by atoms with Crippen molar-refractivity contribution in [3.05, 3.63) is 30.1 Å². The number of anilines is 2. The molecule has 0 spiro atoms. The second-order valence-electron chi connectivity index (χ2n) is 9.80. The monoisotopic (exact) mass is 468 g/mol. The number of hydrogen-bond acceptors (Lipinski definition) is 8. The van der Waals surface area contributed by atoms with Crippen molar-refractivity contribution in [1.29, 1.82) is 0 Å². The van der Waals surface area contributed by atoms with Crippen LogP contribution in [0.1, 0.15) is 64.5 Å². The van der Waals surface area contributed by atoms with Gasteiger partial charge in [-0.2, -0.15) is 9.97 Å². The zero-order valence-electron chi connectivity index (χ0n) is 20.5. The molecular formula is C25H36N6O3. The molecule has 4 rings (SSSR count). The Morgan fingerprint density at radius 3 is 2.65 bits per heavy atom. The van der Waals surface area contributed by atoms with Gasteiger partial charge in [-0.15, -0.1) is 0 Å². The topological polar surface area (TPSA) is 117 Å². The Kier molecular flexibility index (Phi) is 7.11. The number of phenolic OH excluding ortho intramolecular Hbond substituents is 1. The molecule has 2 aromatic heterocycles. The lowest BCUT2D eigenvalue weighted by Crippen LogP contribution is -2.33. The SMILES string of the molecule is COc1ccc(O)c(CNc2nc(NCC(C)C(C)(C)O)nc3c2ncn3C2CCCCC2)c1. The van der Waals surface area contributed by atoms with Crippen LogP contribution in [0.5, 0.6) is 11.5 Å². The molecule has 184 valence electrons. The van der Waals surface area contributed by atoms with Gasteiger partial charge in [0.2, 0.25) is 5.95 Å². The van der Waals surface area contributed by atoms with E-state index in [0.29, 0.717) is 47.7 Å². The minimum atomic E-state index is -0.814. The summed E-state index contributed by atoms with van der Waals surface area (Å²) in [5, 5.41) is 27.2. The number of aromatic nitrogens is 4. The van der Waals surface area contributed by atoms with Crippen LogP contribution in [0.3, 0.4) is 0 Å². The number of nitrogens with one attached hydrogen (secondary N) is 2. The molecule has 0 saturated heterocycles. The van der Waals surface area contributed by atoms with Gasteiger partial charge in [0.1, 0.15) is 11.5 Å². The van der Waals surface area contributed by atoms with Gasteiger partial charge in [-0.3, -0.25) is 0 Å². The first-order valence-electron chi connectivity index (χ1n) is 12.1. The van der Waals surface area contributed by atoms with Gasteiger partial charge >= 0.3 is 0 Å². The summed E-state index contributed by atoms with van der Waals surface area (Å²) >= 11 is 0. The van der Waals surface area contributed by atoms with Crippen LogP contribution in [0, 0.1) is 5.92 Å². The van der Waals surface area contributed by atoms with Gasteiger partial charge in [0.25, 0.3) is 0 Å². The van der Waals surface area contributed by atoms with E-state index in [1.807, 2.05) is 13.3 Å². The summed E-state index contributed by atoms with van der Waals surface area (Å²) in [7, 11) is 1.60. The van der Waals surface area contributed by atoms with E-state index < -0.39 is 5.60 Å². The van der Waals surface area contributed by atoms with Crippen molar-refractivity contribution < 1.29 is 14.9 Å². The summed E-state index contributed by atoms with van der Waals surface area (Å²) in [5.74, 6) is 1.94. The molecule has 0 radical (unpaired) electrons. The van der Waals surface area contributed by atoms with Crippen molar-refractivity contribution in [2.75, 3.05) is 24.3 Å². The molecule has 9 nitrogen and oxygen atoms in total. The van der Waals surface area contributed by atoms with Crippen molar-refractivity contribution >= 4 is 22.9 Å². The minimum absolute atomic E-state index is 0.000178. The molecule has 4 N–H and O–H groups in total. The van der Waals surface area contributed by atoms with Crippen LogP contribution in [-0.2, 0) is 6.54 Å². The molecule has 9 heteroatoms. The van der Waals surface area contributed by atoms with Crippen LogP contribution in [-0.4, -0.2) is 49.0 Å². The highest BCUT2D eigenvalue weighted by Gasteiger charge is 2.24. The van der Waals surface area contributed by atoms with E-state index in [0.717, 1.165) is 18.5 Å². The Morgan fingerprint density at radius 1 is 1.18 bits per heavy atom. The van der Waals surface area contributed by atoms with E-state index in [9.17, 15) is 10.2 Å². The maximum absolute atomic E-state index is 10.3. The molecule has 3 aromatic rings. The summed E-state index contributed by atoms with van der Waals surface area (Å²) in [6.07, 6.45) is 7.81. The fourth-order valence-corrected chi connectivity index (χ4v) is 4.25. The maximum atomic E-state index is 10.3. The lowest BCUT2D eigenvalue weighted by atomic mass is 9.93. The first kappa shape index (κ1) is 24.1. The highest BCUT2D eigenvalue weighted by atomic mass is 16.5. The first-order chi connectivity index (χ1) is 16.3. The number of rotatable bonds is 9. The van der Waals surface area contributed by atoms with Crippen LogP contribution < -0.4 is 15.4 Å². The van der Waals surface area contributed by atoms with E-state index >= 15 is 0 Å². The van der Waals surface area contributed by atoms with Gasteiger partial charge in [-0.05, 0) is 44.9 Å². The zero-order valence-corrected chi connectivity index (χ0v) is 20.5. The van der Waals surface area contributed by atoms with Gasteiger partial charge in [0, 0.05) is 30.6 Å². The van der Waals surface area contributed by atoms with Crippen molar-refractivity contribution in [1.82, 2.24) is 19.5 Å². The molecule has 1 fully saturated rings. The van der Waals surface area contributed by atoms with Crippen LogP contribution in [0.4, 0.5) is 11.8 Å². The summed E-state index contributed by atoms with van der Waals surface area (Å²) in [6, 6.07) is 5.52. The van der Waals surface area contributed by atoms with Gasteiger partial charge in [-0.1, -0.05) is 26.2 Å². The van der Waals surface area contributed by atoms with E-state index in [2.05, 4.69) is 20.2 Å². The lowest BCUT2D eigenvalue weighted by molar-refractivity contribution is 0.0303. The summed E-state index contributed by atoms with van der Waals surface area (Å²) in [5.41, 5.74) is 1.38. The zero-order chi connectivity index (χ0) is 24.3. The van der Waals surface area contributed by atoms with Crippen molar-refractivity contribution in [3.63, 3.8) is 0 Å². The summed E-state index contributed by atoms with van der Waals surface area (Å²) in [4.78, 5) is 14.2. The number of phenols is 1. The summed E-state index contributed by atoms with van der Waals surface area (Å²) in [6.45, 7) is 6.47. The number of hydrogen-bond donors (Lipinski definition) is 4. The Labute approximate surface area is 200 Å². The van der Waals surface area contributed by atoms with Crippen LogP contribution >= 0.6 is 0 Å². The van der Waals surface area contributed by atoms with Gasteiger partial charge in [0.05, 0.1) is 19.0 Å². The third kappa shape index (κ3) is 5.35. The number of aromatic hydroxyl groups is 1. The van der Waals surface area contributed by atoms with Crippen molar-refractivity contribution in [3.8, 4) is 11.5 Å². The normalized spacial score (nSPS) is 15.9. The standard InChI is InChI=1S/C25H36N6O3/c1-16(25(2,3)33)13-27-24-29-22(26-14-17-12-19(34-4)10-11-20(17)32)21-23(30-24)31(15-28-21)18-8-6-5-7-9-18/h10-12,15-16,18,32-33H,5-9,13-14H2,1-4H3,(H2,26,27,29,30). The largest absolute Gasteiger partial charge is 0.508 e. The third-order valence-corrected chi connectivity index (χ3v) is 6.89. The van der Waals surface area contributed by atoms with Gasteiger partial charge in [0.15, 0.2) is 17.0 Å². The quantitative estimate of drug-likeness (QED) is 0.363. The molecule has 0 bridgehead atoms. The highest BCUT2D eigenvalue weighted by Crippen LogP contribution is 2.32. The van der Waals surface area contributed by atoms with Crippen LogP contribution in [0.25, 0.3) is 11.2 Å². The van der Waals surface area contributed by atoms with Gasteiger partial charge < -0.3 is 30.2 Å². The number of benzene rings is 1. The number of nitrogens with zero attached hydrogens (tertiary/aromatic N) is 4. The molecule has 1 aliphatic rings. The molecule has 2 heterocycles. The average molecular weight is 469 g/mol.